The van der Waals surface area contributed by atoms with Crippen LogP contribution < -0.4 is 19.5 Å². The van der Waals surface area contributed by atoms with Crippen LogP contribution >= 0.6 is 35.4 Å². The number of benzene rings is 3. The molecular formula is C22H17Cl2NO3S. The second kappa shape index (κ2) is 8.91. The number of hydrogen-bond acceptors (Lipinski definition) is 4. The highest BCUT2D eigenvalue weighted by Gasteiger charge is 2.13. The lowest BCUT2D eigenvalue weighted by atomic mass is 10.2. The van der Waals surface area contributed by atoms with Gasteiger partial charge in [0.2, 0.25) is 6.79 Å². The van der Waals surface area contributed by atoms with E-state index in [1.165, 1.54) is 0 Å². The fourth-order valence-electron chi connectivity index (χ4n) is 2.84. The highest BCUT2D eigenvalue weighted by Crippen LogP contribution is 2.32. The Morgan fingerprint density at radius 3 is 2.55 bits per heavy atom. The van der Waals surface area contributed by atoms with Crippen molar-refractivity contribution in [2.24, 2.45) is 0 Å². The van der Waals surface area contributed by atoms with Crippen molar-refractivity contribution < 1.29 is 14.2 Å². The minimum Gasteiger partial charge on any atom is -0.489 e. The number of halogens is 2. The molecule has 4 nitrogen and oxygen atoms in total. The molecule has 0 saturated heterocycles. The molecule has 0 amide bonds. The molecule has 1 N–H and O–H groups in total. The van der Waals surface area contributed by atoms with Gasteiger partial charge >= 0.3 is 0 Å². The lowest BCUT2D eigenvalue weighted by molar-refractivity contribution is 0.174. The molecule has 1 heterocycles. The monoisotopic (exact) mass is 445 g/mol. The summed E-state index contributed by atoms with van der Waals surface area (Å²) < 4.78 is 16.5. The second-order valence-corrected chi connectivity index (χ2v) is 7.67. The van der Waals surface area contributed by atoms with Crippen molar-refractivity contribution in [2.75, 3.05) is 6.79 Å². The average Bonchev–Trinajstić information content (AvgIpc) is 3.20. The van der Waals surface area contributed by atoms with Crippen LogP contribution in [0.2, 0.25) is 10.0 Å². The molecule has 0 saturated carbocycles. The molecule has 0 radical (unpaired) electrons. The first-order valence-electron chi connectivity index (χ1n) is 8.92. The van der Waals surface area contributed by atoms with Gasteiger partial charge < -0.3 is 19.5 Å². The van der Waals surface area contributed by atoms with E-state index in [0.29, 0.717) is 28.2 Å². The third-order valence-electron chi connectivity index (χ3n) is 4.42. The molecule has 0 bridgehead atoms. The number of nitrogens with one attached hydrogen (secondary N) is 1. The van der Waals surface area contributed by atoms with Gasteiger partial charge in [0.05, 0.1) is 0 Å². The van der Waals surface area contributed by atoms with Crippen LogP contribution in [0.25, 0.3) is 0 Å². The normalized spacial score (nSPS) is 11.9. The van der Waals surface area contributed by atoms with Crippen LogP contribution in [-0.2, 0) is 13.2 Å². The van der Waals surface area contributed by atoms with Gasteiger partial charge in [-0.3, -0.25) is 0 Å². The average molecular weight is 446 g/mol. The van der Waals surface area contributed by atoms with Gasteiger partial charge in [0, 0.05) is 27.7 Å². The predicted molar refractivity (Wildman–Crippen MR) is 118 cm³/mol. The van der Waals surface area contributed by atoms with Gasteiger partial charge in [-0.05, 0) is 54.1 Å². The number of thiocarbonyl (C=S) groups is 1. The molecule has 29 heavy (non-hydrogen) atoms. The largest absolute Gasteiger partial charge is 0.489 e. The van der Waals surface area contributed by atoms with E-state index in [1.54, 1.807) is 12.1 Å². The van der Waals surface area contributed by atoms with Crippen molar-refractivity contribution in [1.82, 2.24) is 5.32 Å². The molecule has 0 fully saturated rings. The Bertz CT molecular complexity index is 1040. The molecular weight excluding hydrogens is 429 g/mol. The molecule has 1 aliphatic heterocycles. The summed E-state index contributed by atoms with van der Waals surface area (Å²) in [6.45, 7) is 1.23. The van der Waals surface area contributed by atoms with Crippen LogP contribution in [-0.4, -0.2) is 11.8 Å². The highest BCUT2D eigenvalue weighted by atomic mass is 35.5. The van der Waals surface area contributed by atoms with E-state index in [0.717, 1.165) is 33.9 Å². The van der Waals surface area contributed by atoms with E-state index in [4.69, 9.17) is 49.6 Å². The van der Waals surface area contributed by atoms with E-state index in [9.17, 15) is 0 Å². The summed E-state index contributed by atoms with van der Waals surface area (Å²) in [4.78, 5) is 0.662. The van der Waals surface area contributed by atoms with Gasteiger partial charge in [-0.25, -0.2) is 0 Å². The van der Waals surface area contributed by atoms with Gasteiger partial charge in [0.15, 0.2) is 11.5 Å². The van der Waals surface area contributed by atoms with Crippen molar-refractivity contribution >= 4 is 40.4 Å². The van der Waals surface area contributed by atoms with Gasteiger partial charge in [-0.2, -0.15) is 0 Å². The van der Waals surface area contributed by atoms with E-state index in [2.05, 4.69) is 5.32 Å². The Kier molecular flexibility index (Phi) is 6.09. The zero-order valence-electron chi connectivity index (χ0n) is 15.3. The van der Waals surface area contributed by atoms with Gasteiger partial charge in [0.25, 0.3) is 0 Å². The summed E-state index contributed by atoms with van der Waals surface area (Å²) in [7, 11) is 0. The molecule has 0 aromatic heterocycles. The Labute approximate surface area is 184 Å². The van der Waals surface area contributed by atoms with Crippen molar-refractivity contribution in [3.8, 4) is 17.2 Å². The van der Waals surface area contributed by atoms with Crippen LogP contribution in [0.15, 0.2) is 60.7 Å². The fourth-order valence-corrected chi connectivity index (χ4v) is 3.51. The number of ether oxygens (including phenoxy) is 3. The number of hydrogen-bond donors (Lipinski definition) is 1. The number of fused-ring (bicyclic) bond motifs is 1. The third kappa shape index (κ3) is 4.93. The molecule has 1 aliphatic rings. The molecule has 148 valence electrons. The standard InChI is InChI=1S/C22H17Cl2NO3S/c23-17-5-2-16(19(24)10-17)12-26-18-6-3-15(4-7-18)22(29)25-11-14-1-8-20-21(9-14)28-13-27-20/h1-10H,11-13H2,(H,25,29). The molecule has 4 rings (SSSR count). The molecule has 3 aromatic rings. The maximum Gasteiger partial charge on any atom is 0.231 e. The quantitative estimate of drug-likeness (QED) is 0.487. The third-order valence-corrected chi connectivity index (χ3v) is 5.38. The summed E-state index contributed by atoms with van der Waals surface area (Å²) in [6, 6.07) is 18.8. The topological polar surface area (TPSA) is 39.7 Å². The van der Waals surface area contributed by atoms with Gasteiger partial charge in [-0.1, -0.05) is 47.6 Å². The Balaban J connectivity index is 1.31. The molecule has 0 unspecified atom stereocenters. The zero-order chi connectivity index (χ0) is 20.2. The SMILES string of the molecule is S=C(NCc1ccc2c(c1)OCO2)c1ccc(OCc2ccc(Cl)cc2Cl)cc1. The molecule has 0 spiro atoms. The first-order valence-corrected chi connectivity index (χ1v) is 10.1. The highest BCUT2D eigenvalue weighted by molar-refractivity contribution is 7.80. The Hall–Kier alpha value is -2.47. The summed E-state index contributed by atoms with van der Waals surface area (Å²) in [6.07, 6.45) is 0. The Morgan fingerprint density at radius 2 is 1.76 bits per heavy atom. The van der Waals surface area contributed by atoms with Crippen molar-refractivity contribution in [2.45, 2.75) is 13.2 Å². The van der Waals surface area contributed by atoms with Crippen LogP contribution in [0.3, 0.4) is 0 Å². The lowest BCUT2D eigenvalue weighted by Gasteiger charge is -2.11. The zero-order valence-corrected chi connectivity index (χ0v) is 17.6. The first kappa shape index (κ1) is 19.8. The van der Waals surface area contributed by atoms with Crippen molar-refractivity contribution in [1.29, 1.82) is 0 Å². The van der Waals surface area contributed by atoms with Crippen LogP contribution in [0.4, 0.5) is 0 Å². The van der Waals surface area contributed by atoms with E-state index < -0.39 is 0 Å². The molecule has 3 aromatic carbocycles. The fraction of sp³-hybridized carbons (Fsp3) is 0.136. The summed E-state index contributed by atoms with van der Waals surface area (Å²) in [5.41, 5.74) is 2.86. The lowest BCUT2D eigenvalue weighted by Crippen LogP contribution is -2.21. The minimum absolute atomic E-state index is 0.267. The Morgan fingerprint density at radius 1 is 0.966 bits per heavy atom. The van der Waals surface area contributed by atoms with Crippen molar-refractivity contribution in [3.63, 3.8) is 0 Å². The predicted octanol–water partition coefficient (Wildman–Crippen LogP) is 5.77. The van der Waals surface area contributed by atoms with Crippen molar-refractivity contribution in [3.05, 3.63) is 87.4 Å². The summed E-state index contributed by atoms with van der Waals surface area (Å²) in [5.74, 6) is 2.27. The van der Waals surface area contributed by atoms with E-state index in [1.807, 2.05) is 48.5 Å². The maximum absolute atomic E-state index is 6.17. The smallest absolute Gasteiger partial charge is 0.231 e. The summed E-state index contributed by atoms with van der Waals surface area (Å²) in [5, 5.41) is 4.45. The second-order valence-electron chi connectivity index (χ2n) is 6.42. The molecule has 7 heteroatoms. The van der Waals surface area contributed by atoms with E-state index >= 15 is 0 Å². The number of rotatable bonds is 6. The maximum atomic E-state index is 6.17. The van der Waals surface area contributed by atoms with Crippen LogP contribution in [0.1, 0.15) is 16.7 Å². The molecule has 0 aliphatic carbocycles. The van der Waals surface area contributed by atoms with Gasteiger partial charge in [-0.15, -0.1) is 0 Å². The van der Waals surface area contributed by atoms with Crippen LogP contribution in [0, 0.1) is 0 Å². The first-order chi connectivity index (χ1) is 14.1. The van der Waals surface area contributed by atoms with E-state index in [-0.39, 0.29) is 6.79 Å². The van der Waals surface area contributed by atoms with Crippen LogP contribution in [0.5, 0.6) is 17.2 Å². The van der Waals surface area contributed by atoms with Gasteiger partial charge in [0.1, 0.15) is 17.3 Å². The minimum atomic E-state index is 0.267. The summed E-state index contributed by atoms with van der Waals surface area (Å²) >= 11 is 17.6. The molecule has 0 atom stereocenters.